The molecule has 1 atom stereocenters. The smallest absolute Gasteiger partial charge is 0.223 e. The summed E-state index contributed by atoms with van der Waals surface area (Å²) < 4.78 is 10.8. The minimum Gasteiger partial charge on any atom is -0.353 e. The predicted molar refractivity (Wildman–Crippen MR) is 90.9 cm³/mol. The van der Waals surface area contributed by atoms with Crippen LogP contribution in [0.4, 0.5) is 0 Å². The molecule has 1 aliphatic heterocycles. The Morgan fingerprint density at radius 3 is 2.52 bits per heavy atom. The van der Waals surface area contributed by atoms with Crippen LogP contribution in [0.1, 0.15) is 51.0 Å². The zero-order valence-corrected chi connectivity index (χ0v) is 14.6. The van der Waals surface area contributed by atoms with Gasteiger partial charge in [-0.15, -0.1) is 0 Å². The van der Waals surface area contributed by atoms with Crippen LogP contribution in [0.2, 0.25) is 0 Å². The van der Waals surface area contributed by atoms with Gasteiger partial charge in [0.25, 0.3) is 0 Å². The summed E-state index contributed by atoms with van der Waals surface area (Å²) in [5.41, 5.74) is 1.21. The van der Waals surface area contributed by atoms with Gasteiger partial charge in [0.15, 0.2) is 5.79 Å². The van der Waals surface area contributed by atoms with Gasteiger partial charge in [-0.05, 0) is 31.7 Å². The molecule has 1 unspecified atom stereocenters. The summed E-state index contributed by atoms with van der Waals surface area (Å²) in [5.74, 6) is -0.202. The number of nitrogens with zero attached hydrogens (tertiary/aromatic N) is 1. The molecule has 2 rings (SSSR count). The highest BCUT2D eigenvalue weighted by Gasteiger charge is 2.30. The minimum atomic E-state index is -0.491. The molecule has 0 bridgehead atoms. The van der Waals surface area contributed by atoms with Crippen LogP contribution in [0.25, 0.3) is 0 Å². The molecule has 0 aromatic heterocycles. The molecule has 1 fully saturated rings. The molecule has 1 amide bonds. The standard InChI is InChI=1S/C19H29NO3/c1-19(22-2,23-3)14-8-7-11-17-12-13-18(21)20(17)15-16-9-5-4-6-10-16/h4-6,9-10,17H,7-8,11-15H2,1-3H3. The van der Waals surface area contributed by atoms with E-state index in [1.165, 1.54) is 5.56 Å². The average Bonchev–Trinajstić information content (AvgIpc) is 2.93. The fraction of sp³-hybridized carbons (Fsp3) is 0.632. The lowest BCUT2D eigenvalue weighted by atomic mass is 10.0. The monoisotopic (exact) mass is 319 g/mol. The lowest BCUT2D eigenvalue weighted by Gasteiger charge is -2.27. The SMILES string of the molecule is COC(C)(CCCCC1CCC(=O)N1Cc1ccccc1)OC. The molecule has 4 nitrogen and oxygen atoms in total. The van der Waals surface area contributed by atoms with Crippen molar-refractivity contribution in [1.82, 2.24) is 4.90 Å². The number of carbonyl (C=O) groups excluding carboxylic acids is 1. The van der Waals surface area contributed by atoms with Gasteiger partial charge in [0.2, 0.25) is 5.91 Å². The Morgan fingerprint density at radius 1 is 1.17 bits per heavy atom. The first kappa shape index (κ1) is 18.0. The number of amides is 1. The zero-order chi connectivity index (χ0) is 16.7. The first-order chi connectivity index (χ1) is 11.1. The average molecular weight is 319 g/mol. The van der Waals surface area contributed by atoms with Gasteiger partial charge in [0.05, 0.1) is 0 Å². The van der Waals surface area contributed by atoms with Crippen molar-refractivity contribution < 1.29 is 14.3 Å². The van der Waals surface area contributed by atoms with Crippen LogP contribution in [0, 0.1) is 0 Å². The molecule has 1 aliphatic rings. The van der Waals surface area contributed by atoms with Gasteiger partial charge in [0, 0.05) is 39.6 Å². The van der Waals surface area contributed by atoms with E-state index in [1.807, 2.05) is 25.1 Å². The Bertz CT molecular complexity index is 485. The summed E-state index contributed by atoms with van der Waals surface area (Å²) in [7, 11) is 3.36. The van der Waals surface area contributed by atoms with Crippen LogP contribution in [-0.4, -0.2) is 36.9 Å². The molecule has 0 radical (unpaired) electrons. The van der Waals surface area contributed by atoms with Crippen LogP contribution >= 0.6 is 0 Å². The van der Waals surface area contributed by atoms with Crippen molar-refractivity contribution in [3.63, 3.8) is 0 Å². The van der Waals surface area contributed by atoms with Gasteiger partial charge in [-0.2, -0.15) is 0 Å². The molecular weight excluding hydrogens is 290 g/mol. The normalized spacial score (nSPS) is 18.7. The van der Waals surface area contributed by atoms with Crippen molar-refractivity contribution in [2.24, 2.45) is 0 Å². The fourth-order valence-electron chi connectivity index (χ4n) is 3.20. The zero-order valence-electron chi connectivity index (χ0n) is 14.6. The molecule has 4 heteroatoms. The van der Waals surface area contributed by atoms with E-state index in [0.29, 0.717) is 12.5 Å². The maximum atomic E-state index is 12.2. The molecule has 1 heterocycles. The van der Waals surface area contributed by atoms with Crippen LogP contribution < -0.4 is 0 Å². The van der Waals surface area contributed by atoms with E-state index < -0.39 is 5.79 Å². The highest BCUT2D eigenvalue weighted by atomic mass is 16.7. The van der Waals surface area contributed by atoms with E-state index >= 15 is 0 Å². The Morgan fingerprint density at radius 2 is 1.87 bits per heavy atom. The van der Waals surface area contributed by atoms with Gasteiger partial charge in [-0.3, -0.25) is 4.79 Å². The number of hydrogen-bond acceptors (Lipinski definition) is 3. The second-order valence-corrected chi connectivity index (χ2v) is 6.49. The fourth-order valence-corrected chi connectivity index (χ4v) is 3.20. The van der Waals surface area contributed by atoms with E-state index in [-0.39, 0.29) is 5.91 Å². The molecule has 1 aromatic rings. The highest BCUT2D eigenvalue weighted by molar-refractivity contribution is 5.78. The first-order valence-electron chi connectivity index (χ1n) is 8.51. The van der Waals surface area contributed by atoms with Crippen LogP contribution in [0.15, 0.2) is 30.3 Å². The summed E-state index contributed by atoms with van der Waals surface area (Å²) in [6, 6.07) is 10.6. The molecule has 1 saturated heterocycles. The summed E-state index contributed by atoms with van der Waals surface area (Å²) in [5, 5.41) is 0. The second-order valence-electron chi connectivity index (χ2n) is 6.49. The van der Waals surface area contributed by atoms with Crippen molar-refractivity contribution in [2.75, 3.05) is 14.2 Å². The number of hydrogen-bond donors (Lipinski definition) is 0. The van der Waals surface area contributed by atoms with Crippen LogP contribution in [-0.2, 0) is 20.8 Å². The van der Waals surface area contributed by atoms with E-state index in [9.17, 15) is 4.79 Å². The molecular formula is C19H29NO3. The number of benzene rings is 1. The maximum Gasteiger partial charge on any atom is 0.223 e. The van der Waals surface area contributed by atoms with E-state index in [2.05, 4.69) is 17.0 Å². The summed E-state index contributed by atoms with van der Waals surface area (Å²) in [4.78, 5) is 14.2. The van der Waals surface area contributed by atoms with Crippen molar-refractivity contribution in [3.8, 4) is 0 Å². The van der Waals surface area contributed by atoms with E-state index in [0.717, 1.165) is 38.6 Å². The number of rotatable bonds is 9. The third-order valence-corrected chi connectivity index (χ3v) is 4.93. The molecule has 0 spiro atoms. The second kappa shape index (κ2) is 8.46. The van der Waals surface area contributed by atoms with Crippen molar-refractivity contribution in [1.29, 1.82) is 0 Å². The van der Waals surface area contributed by atoms with Crippen LogP contribution in [0.3, 0.4) is 0 Å². The summed E-state index contributed by atoms with van der Waals surface area (Å²) in [6.45, 7) is 2.70. The third-order valence-electron chi connectivity index (χ3n) is 4.93. The summed E-state index contributed by atoms with van der Waals surface area (Å²) >= 11 is 0. The Labute approximate surface area is 139 Å². The number of likely N-dealkylation sites (tertiary alicyclic amines) is 1. The highest BCUT2D eigenvalue weighted by Crippen LogP contribution is 2.27. The molecule has 0 N–H and O–H groups in total. The third kappa shape index (κ3) is 5.05. The van der Waals surface area contributed by atoms with Gasteiger partial charge in [0.1, 0.15) is 0 Å². The van der Waals surface area contributed by atoms with Crippen molar-refractivity contribution in [2.45, 2.75) is 63.8 Å². The van der Waals surface area contributed by atoms with Crippen LogP contribution in [0.5, 0.6) is 0 Å². The topological polar surface area (TPSA) is 38.8 Å². The van der Waals surface area contributed by atoms with Gasteiger partial charge >= 0.3 is 0 Å². The molecule has 1 aromatic carbocycles. The quantitative estimate of drug-likeness (QED) is 0.514. The molecule has 23 heavy (non-hydrogen) atoms. The Balaban J connectivity index is 1.81. The Hall–Kier alpha value is -1.39. The van der Waals surface area contributed by atoms with Gasteiger partial charge in [-0.1, -0.05) is 36.8 Å². The minimum absolute atomic E-state index is 0.289. The number of methoxy groups -OCH3 is 2. The maximum absolute atomic E-state index is 12.2. The predicted octanol–water partition coefficient (Wildman–Crippen LogP) is 3.75. The van der Waals surface area contributed by atoms with E-state index in [4.69, 9.17) is 9.47 Å². The van der Waals surface area contributed by atoms with Crippen molar-refractivity contribution >= 4 is 5.91 Å². The molecule has 0 aliphatic carbocycles. The molecule has 0 saturated carbocycles. The van der Waals surface area contributed by atoms with Gasteiger partial charge in [-0.25, -0.2) is 0 Å². The Kier molecular flexibility index (Phi) is 6.60. The van der Waals surface area contributed by atoms with E-state index in [1.54, 1.807) is 14.2 Å². The van der Waals surface area contributed by atoms with Crippen molar-refractivity contribution in [3.05, 3.63) is 35.9 Å². The lowest BCUT2D eigenvalue weighted by molar-refractivity contribution is -0.197. The largest absolute Gasteiger partial charge is 0.353 e. The summed E-state index contributed by atoms with van der Waals surface area (Å²) in [6.07, 6.45) is 5.73. The lowest BCUT2D eigenvalue weighted by Crippen LogP contribution is -2.32. The molecule has 128 valence electrons. The number of ether oxygens (including phenoxy) is 2. The first-order valence-corrected chi connectivity index (χ1v) is 8.51. The number of carbonyl (C=O) groups is 1. The number of unbranched alkanes of at least 4 members (excludes halogenated alkanes) is 1. The van der Waals surface area contributed by atoms with Gasteiger partial charge < -0.3 is 14.4 Å².